The molecule has 0 bridgehead atoms. The fourth-order valence-electron chi connectivity index (χ4n) is 4.03. The van der Waals surface area contributed by atoms with Crippen LogP contribution in [0, 0.1) is 11.8 Å². The number of nitrogens with one attached hydrogen (secondary N) is 1. The lowest BCUT2D eigenvalue weighted by Crippen LogP contribution is -2.53. The van der Waals surface area contributed by atoms with Crippen LogP contribution in [0.3, 0.4) is 0 Å². The summed E-state index contributed by atoms with van der Waals surface area (Å²) in [6.07, 6.45) is 6.80. The lowest BCUT2D eigenvalue weighted by atomic mass is 9.87. The minimum absolute atomic E-state index is 0.103. The lowest BCUT2D eigenvalue weighted by molar-refractivity contribution is -0.189. The predicted molar refractivity (Wildman–Crippen MR) is 84.6 cm³/mol. The van der Waals surface area contributed by atoms with Crippen molar-refractivity contribution in [3.05, 3.63) is 0 Å². The van der Waals surface area contributed by atoms with E-state index >= 15 is 0 Å². The van der Waals surface area contributed by atoms with E-state index < -0.39 is 5.79 Å². The molecule has 0 unspecified atom stereocenters. The number of hydrogen-bond donors (Lipinski definition) is 1. The van der Waals surface area contributed by atoms with E-state index in [1.807, 2.05) is 11.8 Å². The second kappa shape index (κ2) is 6.75. The molecular weight excluding hydrogens is 280 g/mol. The van der Waals surface area contributed by atoms with E-state index in [0.717, 1.165) is 44.7 Å². The van der Waals surface area contributed by atoms with Crippen molar-refractivity contribution in [1.82, 2.24) is 10.2 Å². The first-order valence-corrected chi connectivity index (χ1v) is 8.90. The molecule has 2 amide bonds. The Morgan fingerprint density at radius 2 is 1.82 bits per heavy atom. The van der Waals surface area contributed by atoms with Crippen LogP contribution in [0.5, 0.6) is 0 Å². The number of urea groups is 1. The van der Waals surface area contributed by atoms with Crippen molar-refractivity contribution in [3.8, 4) is 0 Å². The number of hydrogen-bond acceptors (Lipinski definition) is 3. The number of piperidine rings is 1. The molecule has 1 saturated carbocycles. The van der Waals surface area contributed by atoms with Crippen molar-refractivity contribution in [2.45, 2.75) is 64.2 Å². The summed E-state index contributed by atoms with van der Waals surface area (Å²) in [4.78, 5) is 14.5. The van der Waals surface area contributed by atoms with Crippen molar-refractivity contribution in [2.75, 3.05) is 26.3 Å². The van der Waals surface area contributed by atoms with E-state index in [0.29, 0.717) is 19.3 Å². The number of nitrogens with zero attached hydrogens (tertiary/aromatic N) is 1. The number of carbonyl (C=O) groups is 1. The highest BCUT2D eigenvalue weighted by atomic mass is 16.7. The van der Waals surface area contributed by atoms with E-state index in [-0.39, 0.29) is 11.9 Å². The van der Waals surface area contributed by atoms with Gasteiger partial charge in [0, 0.05) is 25.0 Å². The first kappa shape index (κ1) is 16.1. The van der Waals surface area contributed by atoms with E-state index in [4.69, 9.17) is 9.47 Å². The zero-order chi connectivity index (χ0) is 15.6. The van der Waals surface area contributed by atoms with Crippen LogP contribution in [0.2, 0.25) is 0 Å². The molecule has 2 saturated heterocycles. The molecule has 3 fully saturated rings. The molecule has 0 aromatic carbocycles. The largest absolute Gasteiger partial charge is 0.347 e. The van der Waals surface area contributed by atoms with Gasteiger partial charge in [0.05, 0.1) is 13.2 Å². The highest BCUT2D eigenvalue weighted by Gasteiger charge is 2.42. The van der Waals surface area contributed by atoms with Crippen molar-refractivity contribution >= 4 is 6.03 Å². The molecule has 0 spiro atoms. The Hall–Kier alpha value is -0.810. The number of amides is 2. The first-order chi connectivity index (χ1) is 10.6. The Balaban J connectivity index is 1.52. The predicted octanol–water partition coefficient (Wildman–Crippen LogP) is 2.75. The minimum Gasteiger partial charge on any atom is -0.347 e. The molecule has 2 aliphatic heterocycles. The molecular formula is C17H30N2O3. The van der Waals surface area contributed by atoms with Gasteiger partial charge in [-0.25, -0.2) is 4.79 Å². The Labute approximate surface area is 133 Å². The molecule has 2 heterocycles. The maximum absolute atomic E-state index is 12.5. The average molecular weight is 310 g/mol. The van der Waals surface area contributed by atoms with Gasteiger partial charge >= 0.3 is 6.03 Å². The average Bonchev–Trinajstić information content (AvgIpc) is 2.98. The molecule has 126 valence electrons. The van der Waals surface area contributed by atoms with E-state index in [1.165, 1.54) is 12.8 Å². The van der Waals surface area contributed by atoms with Gasteiger partial charge in [-0.05, 0) is 51.4 Å². The normalized spacial score (nSPS) is 35.4. The van der Waals surface area contributed by atoms with Crippen molar-refractivity contribution in [2.24, 2.45) is 11.8 Å². The van der Waals surface area contributed by atoms with Crippen molar-refractivity contribution < 1.29 is 14.3 Å². The quantitative estimate of drug-likeness (QED) is 0.853. The van der Waals surface area contributed by atoms with Crippen LogP contribution in [0.15, 0.2) is 0 Å². The van der Waals surface area contributed by atoms with Crippen molar-refractivity contribution in [3.63, 3.8) is 0 Å². The van der Waals surface area contributed by atoms with E-state index in [2.05, 4.69) is 12.2 Å². The third-order valence-corrected chi connectivity index (χ3v) is 5.65. The highest BCUT2D eigenvalue weighted by Crippen LogP contribution is 2.34. The van der Waals surface area contributed by atoms with Crippen molar-refractivity contribution in [1.29, 1.82) is 0 Å². The molecule has 22 heavy (non-hydrogen) atoms. The summed E-state index contributed by atoms with van der Waals surface area (Å²) in [7, 11) is 0. The van der Waals surface area contributed by atoms with Gasteiger partial charge in [-0.15, -0.1) is 0 Å². The minimum atomic E-state index is -0.501. The zero-order valence-electron chi connectivity index (χ0n) is 14.0. The number of ether oxygens (including phenoxy) is 2. The van der Waals surface area contributed by atoms with Gasteiger partial charge in [-0.1, -0.05) is 6.92 Å². The van der Waals surface area contributed by atoms with Gasteiger partial charge in [0.15, 0.2) is 5.79 Å². The third kappa shape index (κ3) is 3.57. The summed E-state index contributed by atoms with van der Waals surface area (Å²) in [5.41, 5.74) is 0. The molecule has 3 rings (SSSR count). The molecule has 1 atom stereocenters. The van der Waals surface area contributed by atoms with Crippen LogP contribution in [0.4, 0.5) is 4.79 Å². The van der Waals surface area contributed by atoms with E-state index in [9.17, 15) is 4.79 Å². The van der Waals surface area contributed by atoms with Gasteiger partial charge in [-0.3, -0.25) is 0 Å². The number of likely N-dealkylation sites (tertiary alicyclic amines) is 1. The fourth-order valence-corrected chi connectivity index (χ4v) is 4.03. The van der Waals surface area contributed by atoms with Crippen LogP contribution >= 0.6 is 0 Å². The molecule has 0 aromatic heterocycles. The third-order valence-electron chi connectivity index (χ3n) is 5.65. The van der Waals surface area contributed by atoms with Crippen LogP contribution in [0.1, 0.15) is 52.4 Å². The summed E-state index contributed by atoms with van der Waals surface area (Å²) in [6.45, 7) is 7.25. The summed E-state index contributed by atoms with van der Waals surface area (Å²) in [5, 5.41) is 3.24. The Morgan fingerprint density at radius 3 is 2.50 bits per heavy atom. The van der Waals surface area contributed by atoms with Crippen LogP contribution in [0.25, 0.3) is 0 Å². The molecule has 1 aliphatic carbocycles. The smallest absolute Gasteiger partial charge is 0.317 e. The van der Waals surface area contributed by atoms with Crippen LogP contribution < -0.4 is 5.32 Å². The van der Waals surface area contributed by atoms with Crippen LogP contribution in [-0.2, 0) is 9.47 Å². The Bertz CT molecular complexity index is 387. The summed E-state index contributed by atoms with van der Waals surface area (Å²) in [6, 6.07) is 0.462. The van der Waals surface area contributed by atoms with Gasteiger partial charge in [0.25, 0.3) is 0 Å². The monoisotopic (exact) mass is 310 g/mol. The second-order valence-electron chi connectivity index (χ2n) is 7.40. The fraction of sp³-hybridized carbons (Fsp3) is 0.941. The van der Waals surface area contributed by atoms with Gasteiger partial charge < -0.3 is 19.7 Å². The first-order valence-electron chi connectivity index (χ1n) is 8.90. The highest BCUT2D eigenvalue weighted by molar-refractivity contribution is 5.74. The number of carbonyl (C=O) groups excluding carboxylic acids is 1. The Morgan fingerprint density at radius 1 is 1.14 bits per heavy atom. The molecule has 3 aliphatic rings. The van der Waals surface area contributed by atoms with Gasteiger partial charge in [0.1, 0.15) is 0 Å². The van der Waals surface area contributed by atoms with E-state index in [1.54, 1.807) is 0 Å². The second-order valence-corrected chi connectivity index (χ2v) is 7.40. The topological polar surface area (TPSA) is 50.8 Å². The maximum Gasteiger partial charge on any atom is 0.317 e. The SMILES string of the molecule is CC1CCC(NC(=O)N2CCC[C@@H](C3(C)OCCO3)C2)CC1. The standard InChI is InChI=1S/C17H30N2O3/c1-13-5-7-15(8-6-13)18-16(20)19-9-3-4-14(12-19)17(2)21-10-11-22-17/h13-15H,3-12H2,1-2H3,(H,18,20)/t13?,14-,15?/m1/s1. The molecule has 5 nitrogen and oxygen atoms in total. The summed E-state index contributed by atoms with van der Waals surface area (Å²) in [5.74, 6) is 0.587. The zero-order valence-corrected chi connectivity index (χ0v) is 14.0. The summed E-state index contributed by atoms with van der Waals surface area (Å²) >= 11 is 0. The Kier molecular flexibility index (Phi) is 4.93. The van der Waals surface area contributed by atoms with Gasteiger partial charge in [-0.2, -0.15) is 0 Å². The van der Waals surface area contributed by atoms with Crippen LogP contribution in [-0.4, -0.2) is 49.1 Å². The number of rotatable bonds is 2. The maximum atomic E-state index is 12.5. The molecule has 5 heteroatoms. The van der Waals surface area contributed by atoms with Gasteiger partial charge in [0.2, 0.25) is 0 Å². The lowest BCUT2D eigenvalue weighted by Gasteiger charge is -2.40. The summed E-state index contributed by atoms with van der Waals surface area (Å²) < 4.78 is 11.6. The molecule has 1 N–H and O–H groups in total. The molecule has 0 radical (unpaired) electrons. The molecule has 0 aromatic rings.